The fourth-order valence-corrected chi connectivity index (χ4v) is 2.74. The third kappa shape index (κ3) is 2.62. The third-order valence-corrected chi connectivity index (χ3v) is 3.93. The molecule has 6 heteroatoms. The molecule has 0 saturated heterocycles. The topological polar surface area (TPSA) is 72.2 Å². The summed E-state index contributed by atoms with van der Waals surface area (Å²) in [6.07, 6.45) is 0. The van der Waals surface area contributed by atoms with Crippen LogP contribution < -0.4 is 10.5 Å². The lowest BCUT2D eigenvalue weighted by molar-refractivity contribution is 0.583. The van der Waals surface area contributed by atoms with Crippen LogP contribution in [0.2, 0.25) is 5.02 Å². The van der Waals surface area contributed by atoms with Crippen LogP contribution in [0.25, 0.3) is 0 Å². The molecule has 0 aliphatic heterocycles. The summed E-state index contributed by atoms with van der Waals surface area (Å²) in [5.74, 6) is 0. The molecule has 1 rings (SSSR count). The molecule has 0 aromatic heterocycles. The average molecular weight is 249 g/mol. The van der Waals surface area contributed by atoms with Gasteiger partial charge >= 0.3 is 0 Å². The first-order valence-electron chi connectivity index (χ1n) is 4.43. The Hall–Kier alpha value is -0.780. The van der Waals surface area contributed by atoms with Crippen LogP contribution in [0.1, 0.15) is 12.5 Å². The summed E-state index contributed by atoms with van der Waals surface area (Å²) in [6, 6.07) is 2.91. The van der Waals surface area contributed by atoms with Gasteiger partial charge in [0, 0.05) is 6.54 Å². The summed E-state index contributed by atoms with van der Waals surface area (Å²) in [5, 5.41) is 0.364. The Morgan fingerprint density at radius 1 is 1.47 bits per heavy atom. The molecule has 0 fully saturated rings. The van der Waals surface area contributed by atoms with Gasteiger partial charge in [0.15, 0.2) is 0 Å². The van der Waals surface area contributed by atoms with Crippen molar-refractivity contribution in [1.82, 2.24) is 4.72 Å². The summed E-state index contributed by atoms with van der Waals surface area (Å²) in [5.41, 5.74) is 6.40. The highest BCUT2D eigenvalue weighted by Crippen LogP contribution is 2.25. The zero-order chi connectivity index (χ0) is 11.6. The van der Waals surface area contributed by atoms with Crippen molar-refractivity contribution in [2.75, 3.05) is 12.3 Å². The number of hydrogen-bond donors (Lipinski definition) is 2. The van der Waals surface area contributed by atoms with E-state index in [9.17, 15) is 8.42 Å². The number of rotatable bonds is 3. The van der Waals surface area contributed by atoms with Crippen molar-refractivity contribution in [1.29, 1.82) is 0 Å². The van der Waals surface area contributed by atoms with Gasteiger partial charge in [0.25, 0.3) is 0 Å². The van der Waals surface area contributed by atoms with E-state index in [1.165, 1.54) is 6.07 Å². The van der Waals surface area contributed by atoms with E-state index in [0.717, 1.165) is 0 Å². The molecular weight excluding hydrogens is 236 g/mol. The first-order chi connectivity index (χ1) is 6.88. The van der Waals surface area contributed by atoms with Crippen LogP contribution in [-0.2, 0) is 10.0 Å². The first-order valence-corrected chi connectivity index (χ1v) is 6.30. The highest BCUT2D eigenvalue weighted by atomic mass is 35.5. The first kappa shape index (κ1) is 12.3. The molecule has 84 valence electrons. The van der Waals surface area contributed by atoms with E-state index in [2.05, 4.69) is 4.72 Å². The van der Waals surface area contributed by atoms with Crippen LogP contribution in [0.3, 0.4) is 0 Å². The predicted octanol–water partition coefficient (Wildman–Crippen LogP) is 1.53. The molecular formula is C9H13ClN2O2S. The Labute approximate surface area is 94.5 Å². The number of nitrogen functional groups attached to an aromatic ring is 1. The smallest absolute Gasteiger partial charge is 0.240 e. The largest absolute Gasteiger partial charge is 0.397 e. The Morgan fingerprint density at radius 2 is 2.07 bits per heavy atom. The molecule has 0 heterocycles. The maximum Gasteiger partial charge on any atom is 0.240 e. The second kappa shape index (κ2) is 4.38. The molecule has 3 N–H and O–H groups in total. The summed E-state index contributed by atoms with van der Waals surface area (Å²) >= 11 is 5.77. The van der Waals surface area contributed by atoms with Gasteiger partial charge in [0.2, 0.25) is 10.0 Å². The number of nitrogens with one attached hydrogen (secondary N) is 1. The minimum Gasteiger partial charge on any atom is -0.397 e. The summed E-state index contributed by atoms with van der Waals surface area (Å²) in [6.45, 7) is 3.73. The zero-order valence-corrected chi connectivity index (χ0v) is 10.1. The van der Waals surface area contributed by atoms with E-state index >= 15 is 0 Å². The summed E-state index contributed by atoms with van der Waals surface area (Å²) < 4.78 is 25.8. The average Bonchev–Trinajstić information content (AvgIpc) is 2.11. The van der Waals surface area contributed by atoms with Gasteiger partial charge in [0.1, 0.15) is 0 Å². The molecule has 0 spiro atoms. The van der Waals surface area contributed by atoms with Gasteiger partial charge in [0.05, 0.1) is 15.6 Å². The Morgan fingerprint density at radius 3 is 2.60 bits per heavy atom. The van der Waals surface area contributed by atoms with Gasteiger partial charge in [-0.25, -0.2) is 13.1 Å². The van der Waals surface area contributed by atoms with E-state index in [-0.39, 0.29) is 10.6 Å². The highest BCUT2D eigenvalue weighted by Gasteiger charge is 2.16. The number of benzene rings is 1. The molecule has 4 nitrogen and oxygen atoms in total. The predicted molar refractivity (Wildman–Crippen MR) is 61.5 cm³/mol. The van der Waals surface area contributed by atoms with Gasteiger partial charge in [-0.3, -0.25) is 0 Å². The SMILES string of the molecule is CCNS(=O)(=O)c1cc(N)c(Cl)cc1C. The van der Waals surface area contributed by atoms with E-state index in [1.54, 1.807) is 19.9 Å². The normalized spacial score (nSPS) is 11.7. The maximum absolute atomic E-state index is 11.7. The van der Waals surface area contributed by atoms with Gasteiger partial charge in [-0.1, -0.05) is 18.5 Å². The lowest BCUT2D eigenvalue weighted by atomic mass is 10.2. The fourth-order valence-electron chi connectivity index (χ4n) is 1.23. The molecule has 0 atom stereocenters. The lowest BCUT2D eigenvalue weighted by Crippen LogP contribution is -2.24. The van der Waals surface area contributed by atoms with E-state index in [1.807, 2.05) is 0 Å². The van der Waals surface area contributed by atoms with Gasteiger partial charge in [-0.05, 0) is 24.6 Å². The summed E-state index contributed by atoms with van der Waals surface area (Å²) in [4.78, 5) is 0.172. The van der Waals surface area contributed by atoms with E-state index in [0.29, 0.717) is 17.1 Å². The highest BCUT2D eigenvalue weighted by molar-refractivity contribution is 7.89. The quantitative estimate of drug-likeness (QED) is 0.797. The number of anilines is 1. The number of sulfonamides is 1. The zero-order valence-electron chi connectivity index (χ0n) is 8.54. The van der Waals surface area contributed by atoms with Crippen molar-refractivity contribution in [3.8, 4) is 0 Å². The van der Waals surface area contributed by atoms with Crippen LogP contribution in [0, 0.1) is 6.92 Å². The monoisotopic (exact) mass is 248 g/mol. The van der Waals surface area contributed by atoms with Crippen LogP contribution in [0.4, 0.5) is 5.69 Å². The molecule has 1 aromatic carbocycles. The second-order valence-electron chi connectivity index (χ2n) is 3.14. The van der Waals surface area contributed by atoms with Crippen LogP contribution in [-0.4, -0.2) is 15.0 Å². The molecule has 0 aliphatic carbocycles. The molecule has 0 aliphatic rings. The van der Waals surface area contributed by atoms with Crippen molar-refractivity contribution in [3.63, 3.8) is 0 Å². The van der Waals surface area contributed by atoms with Crippen molar-refractivity contribution in [3.05, 3.63) is 22.7 Å². The molecule has 0 amide bonds. The second-order valence-corrected chi connectivity index (χ2v) is 5.28. The molecule has 0 saturated carbocycles. The summed E-state index contributed by atoms with van der Waals surface area (Å²) in [7, 11) is -3.47. The van der Waals surface area contributed by atoms with Crippen LogP contribution in [0.15, 0.2) is 17.0 Å². The molecule has 0 radical (unpaired) electrons. The van der Waals surface area contributed by atoms with Gasteiger partial charge in [-0.15, -0.1) is 0 Å². The Bertz CT molecular complexity index is 471. The Balaban J connectivity index is 3.33. The molecule has 0 bridgehead atoms. The standard InChI is InChI=1S/C9H13ClN2O2S/c1-3-12-15(13,14)9-5-8(11)7(10)4-6(9)2/h4-5,12H,3,11H2,1-2H3. The number of aryl methyl sites for hydroxylation is 1. The maximum atomic E-state index is 11.7. The van der Waals surface area contributed by atoms with Gasteiger partial charge in [-0.2, -0.15) is 0 Å². The van der Waals surface area contributed by atoms with Crippen molar-refractivity contribution >= 4 is 27.3 Å². The van der Waals surface area contributed by atoms with E-state index < -0.39 is 10.0 Å². The van der Waals surface area contributed by atoms with Crippen molar-refractivity contribution in [2.45, 2.75) is 18.7 Å². The molecule has 15 heavy (non-hydrogen) atoms. The molecule has 0 unspecified atom stereocenters. The minimum atomic E-state index is -3.47. The van der Waals surface area contributed by atoms with E-state index in [4.69, 9.17) is 17.3 Å². The third-order valence-electron chi connectivity index (χ3n) is 1.92. The number of nitrogens with two attached hydrogens (primary N) is 1. The lowest BCUT2D eigenvalue weighted by Gasteiger charge is -2.09. The fraction of sp³-hybridized carbons (Fsp3) is 0.333. The van der Waals surface area contributed by atoms with Crippen molar-refractivity contribution < 1.29 is 8.42 Å². The Kier molecular flexibility index (Phi) is 3.59. The molecule has 1 aromatic rings. The number of hydrogen-bond acceptors (Lipinski definition) is 3. The van der Waals surface area contributed by atoms with Gasteiger partial charge < -0.3 is 5.73 Å². The number of halogens is 1. The van der Waals surface area contributed by atoms with Crippen molar-refractivity contribution in [2.24, 2.45) is 0 Å². The van der Waals surface area contributed by atoms with Crippen LogP contribution >= 0.6 is 11.6 Å². The van der Waals surface area contributed by atoms with Crippen LogP contribution in [0.5, 0.6) is 0 Å². The minimum absolute atomic E-state index is 0.172.